The summed E-state index contributed by atoms with van der Waals surface area (Å²) in [5.74, 6) is -0.288. The highest BCUT2D eigenvalue weighted by atomic mass is 16.5. The third-order valence-corrected chi connectivity index (χ3v) is 4.88. The van der Waals surface area contributed by atoms with Gasteiger partial charge in [-0.05, 0) is 24.5 Å². The highest BCUT2D eigenvalue weighted by Gasteiger charge is 2.41. The van der Waals surface area contributed by atoms with Crippen LogP contribution in [-0.4, -0.2) is 67.2 Å². The molecule has 138 valence electrons. The summed E-state index contributed by atoms with van der Waals surface area (Å²) < 4.78 is 5.17. The third kappa shape index (κ3) is 4.38. The quantitative estimate of drug-likeness (QED) is 0.808. The van der Waals surface area contributed by atoms with Crippen molar-refractivity contribution in [3.63, 3.8) is 0 Å². The van der Waals surface area contributed by atoms with Crippen LogP contribution in [0.2, 0.25) is 0 Å². The Morgan fingerprint density at radius 2 is 2.12 bits per heavy atom. The smallest absolute Gasteiger partial charge is 0.227 e. The molecule has 6 heteroatoms. The fraction of sp³-hybridized carbons (Fsp3) is 0.579. The molecule has 1 heterocycles. The molecule has 1 aliphatic heterocycles. The van der Waals surface area contributed by atoms with E-state index in [9.17, 15) is 9.59 Å². The summed E-state index contributed by atoms with van der Waals surface area (Å²) in [6.45, 7) is 3.11. The molecule has 25 heavy (non-hydrogen) atoms. The number of rotatable bonds is 7. The normalized spacial score (nSPS) is 20.6. The number of carbonyl (C=O) groups is 2. The molecule has 1 saturated heterocycles. The van der Waals surface area contributed by atoms with Gasteiger partial charge in [0.05, 0.1) is 25.2 Å². The van der Waals surface area contributed by atoms with Gasteiger partial charge in [0.1, 0.15) is 0 Å². The van der Waals surface area contributed by atoms with Gasteiger partial charge in [0, 0.05) is 33.7 Å². The molecule has 1 aromatic rings. The Labute approximate surface area is 149 Å². The van der Waals surface area contributed by atoms with Crippen molar-refractivity contribution < 1.29 is 19.4 Å². The fourth-order valence-corrected chi connectivity index (χ4v) is 3.51. The van der Waals surface area contributed by atoms with E-state index in [0.717, 1.165) is 11.1 Å². The van der Waals surface area contributed by atoms with Gasteiger partial charge >= 0.3 is 0 Å². The van der Waals surface area contributed by atoms with Crippen LogP contribution in [-0.2, 0) is 14.3 Å². The SMILES string of the molecule is COCCN1C(=O)CC[C@@H](C(=O)N(C)CCO)[C@@H]1c1ccccc1C. The molecule has 0 radical (unpaired) electrons. The van der Waals surface area contributed by atoms with Crippen molar-refractivity contribution in [2.45, 2.75) is 25.8 Å². The van der Waals surface area contributed by atoms with E-state index in [2.05, 4.69) is 0 Å². The summed E-state index contributed by atoms with van der Waals surface area (Å²) in [6.07, 6.45) is 0.880. The van der Waals surface area contributed by atoms with Crippen molar-refractivity contribution in [1.29, 1.82) is 0 Å². The summed E-state index contributed by atoms with van der Waals surface area (Å²) in [5.41, 5.74) is 2.06. The van der Waals surface area contributed by atoms with Crippen LogP contribution >= 0.6 is 0 Å². The lowest BCUT2D eigenvalue weighted by Crippen LogP contribution is -2.49. The van der Waals surface area contributed by atoms with Gasteiger partial charge in [-0.3, -0.25) is 9.59 Å². The maximum Gasteiger partial charge on any atom is 0.227 e. The zero-order valence-electron chi connectivity index (χ0n) is 15.3. The molecule has 1 N–H and O–H groups in total. The molecule has 1 aliphatic rings. The molecular weight excluding hydrogens is 320 g/mol. The van der Waals surface area contributed by atoms with E-state index in [0.29, 0.717) is 32.5 Å². The summed E-state index contributed by atoms with van der Waals surface area (Å²) in [4.78, 5) is 28.9. The zero-order valence-corrected chi connectivity index (χ0v) is 15.3. The van der Waals surface area contributed by atoms with Crippen LogP contribution in [0, 0.1) is 12.8 Å². The first-order valence-corrected chi connectivity index (χ1v) is 8.71. The minimum Gasteiger partial charge on any atom is -0.395 e. The minimum atomic E-state index is -0.313. The first-order valence-electron chi connectivity index (χ1n) is 8.71. The minimum absolute atomic E-state index is 0.0304. The lowest BCUT2D eigenvalue weighted by atomic mass is 9.81. The molecule has 6 nitrogen and oxygen atoms in total. The van der Waals surface area contributed by atoms with Gasteiger partial charge in [0.2, 0.25) is 11.8 Å². The molecule has 0 bridgehead atoms. The van der Waals surface area contributed by atoms with Gasteiger partial charge in [-0.2, -0.15) is 0 Å². The number of benzene rings is 1. The van der Waals surface area contributed by atoms with Crippen molar-refractivity contribution in [3.05, 3.63) is 35.4 Å². The molecule has 0 aliphatic carbocycles. The lowest BCUT2D eigenvalue weighted by molar-refractivity contribution is -0.148. The van der Waals surface area contributed by atoms with Crippen LogP contribution in [0.4, 0.5) is 0 Å². The number of hydrogen-bond acceptors (Lipinski definition) is 4. The van der Waals surface area contributed by atoms with Crippen molar-refractivity contribution in [2.75, 3.05) is 40.5 Å². The first-order chi connectivity index (χ1) is 12.0. The average molecular weight is 348 g/mol. The highest BCUT2D eigenvalue weighted by molar-refractivity contribution is 5.85. The molecular formula is C19H28N2O4. The molecule has 0 spiro atoms. The second-order valence-corrected chi connectivity index (χ2v) is 6.51. The molecule has 2 atom stereocenters. The van der Waals surface area contributed by atoms with E-state index in [4.69, 9.17) is 9.84 Å². The Hall–Kier alpha value is -1.92. The molecule has 0 saturated carbocycles. The van der Waals surface area contributed by atoms with E-state index >= 15 is 0 Å². The number of amides is 2. The third-order valence-electron chi connectivity index (χ3n) is 4.88. The number of methoxy groups -OCH3 is 1. The fourth-order valence-electron chi connectivity index (χ4n) is 3.51. The van der Waals surface area contributed by atoms with Crippen LogP contribution in [0.1, 0.15) is 30.0 Å². The number of aliphatic hydroxyl groups excluding tert-OH is 1. The Balaban J connectivity index is 2.40. The second kappa shape index (κ2) is 8.97. The number of nitrogens with zero attached hydrogens (tertiary/aromatic N) is 2. The summed E-state index contributed by atoms with van der Waals surface area (Å²) in [5, 5.41) is 9.15. The van der Waals surface area contributed by atoms with Gasteiger partial charge in [-0.1, -0.05) is 24.3 Å². The van der Waals surface area contributed by atoms with Crippen LogP contribution in [0.5, 0.6) is 0 Å². The monoisotopic (exact) mass is 348 g/mol. The number of aliphatic hydroxyl groups is 1. The Bertz CT molecular complexity index is 605. The Morgan fingerprint density at radius 3 is 2.76 bits per heavy atom. The lowest BCUT2D eigenvalue weighted by Gasteiger charge is -2.42. The predicted molar refractivity (Wildman–Crippen MR) is 95.0 cm³/mol. The summed E-state index contributed by atoms with van der Waals surface area (Å²) >= 11 is 0. The number of aryl methyl sites for hydroxylation is 1. The predicted octanol–water partition coefficient (Wildman–Crippen LogP) is 1.37. The summed E-state index contributed by atoms with van der Waals surface area (Å²) in [6, 6.07) is 7.59. The largest absolute Gasteiger partial charge is 0.395 e. The first kappa shape index (κ1) is 19.4. The van der Waals surface area contributed by atoms with Crippen molar-refractivity contribution in [3.8, 4) is 0 Å². The Morgan fingerprint density at radius 1 is 1.40 bits per heavy atom. The van der Waals surface area contributed by atoms with Gasteiger partial charge in [-0.25, -0.2) is 0 Å². The van der Waals surface area contributed by atoms with E-state index in [1.54, 1.807) is 24.0 Å². The molecule has 2 rings (SSSR count). The number of carbonyl (C=O) groups excluding carboxylic acids is 2. The summed E-state index contributed by atoms with van der Waals surface area (Å²) in [7, 11) is 3.30. The molecule has 0 aromatic heterocycles. The molecule has 1 fully saturated rings. The average Bonchev–Trinajstić information content (AvgIpc) is 2.60. The van der Waals surface area contributed by atoms with E-state index in [-0.39, 0.29) is 30.4 Å². The maximum atomic E-state index is 13.0. The molecule has 2 amide bonds. The van der Waals surface area contributed by atoms with Gasteiger partial charge in [-0.15, -0.1) is 0 Å². The van der Waals surface area contributed by atoms with Crippen LogP contribution in [0.3, 0.4) is 0 Å². The topological polar surface area (TPSA) is 70.1 Å². The van der Waals surface area contributed by atoms with Crippen molar-refractivity contribution >= 4 is 11.8 Å². The number of likely N-dealkylation sites (tertiary alicyclic amines) is 1. The van der Waals surface area contributed by atoms with E-state index < -0.39 is 0 Å². The Kier molecular flexibility index (Phi) is 6.96. The standard InChI is InChI=1S/C19H28N2O4/c1-14-6-4-5-7-15(14)18-16(19(24)20(2)10-12-22)8-9-17(23)21(18)11-13-25-3/h4-7,16,18,22H,8-13H2,1-3H3/t16-,18+/m1/s1. The number of piperidine rings is 1. The number of ether oxygens (including phenoxy) is 1. The van der Waals surface area contributed by atoms with Gasteiger partial charge in [0.15, 0.2) is 0 Å². The van der Waals surface area contributed by atoms with E-state index in [1.807, 2.05) is 31.2 Å². The van der Waals surface area contributed by atoms with Crippen LogP contribution in [0.25, 0.3) is 0 Å². The second-order valence-electron chi connectivity index (χ2n) is 6.51. The molecule has 0 unspecified atom stereocenters. The van der Waals surface area contributed by atoms with Crippen LogP contribution < -0.4 is 0 Å². The number of hydrogen-bond donors (Lipinski definition) is 1. The van der Waals surface area contributed by atoms with Crippen LogP contribution in [0.15, 0.2) is 24.3 Å². The van der Waals surface area contributed by atoms with Crippen molar-refractivity contribution in [1.82, 2.24) is 9.80 Å². The van der Waals surface area contributed by atoms with Gasteiger partial charge < -0.3 is 19.6 Å². The zero-order chi connectivity index (χ0) is 18.4. The van der Waals surface area contributed by atoms with E-state index in [1.165, 1.54) is 0 Å². The highest BCUT2D eigenvalue weighted by Crippen LogP contribution is 2.38. The van der Waals surface area contributed by atoms with Crippen molar-refractivity contribution in [2.24, 2.45) is 5.92 Å². The number of likely N-dealkylation sites (N-methyl/N-ethyl adjacent to an activating group) is 1. The molecule has 1 aromatic carbocycles. The maximum absolute atomic E-state index is 13.0. The van der Waals surface area contributed by atoms with Gasteiger partial charge in [0.25, 0.3) is 0 Å².